The number of hydrogen-bond acceptors (Lipinski definition) is 4. The molecule has 136 valence electrons. The Morgan fingerprint density at radius 3 is 2.28 bits per heavy atom. The lowest BCUT2D eigenvalue weighted by Gasteiger charge is -2.11. The lowest BCUT2D eigenvalue weighted by molar-refractivity contribution is 0.414. The Balaban J connectivity index is 2.06. The molecular formula is C18H23ClN2O3S. The summed E-state index contributed by atoms with van der Waals surface area (Å²) in [7, 11) is -2.24. The van der Waals surface area contributed by atoms with Crippen LogP contribution in [0.3, 0.4) is 0 Å². The molecule has 2 aromatic carbocycles. The van der Waals surface area contributed by atoms with Crippen LogP contribution in [0, 0.1) is 5.92 Å². The van der Waals surface area contributed by atoms with Gasteiger partial charge in [-0.3, -0.25) is 4.72 Å². The van der Waals surface area contributed by atoms with Crippen molar-refractivity contribution in [2.45, 2.75) is 25.2 Å². The summed E-state index contributed by atoms with van der Waals surface area (Å²) in [5.41, 5.74) is 1.44. The summed E-state index contributed by atoms with van der Waals surface area (Å²) in [6.45, 7) is 5.23. The average molecular weight is 383 g/mol. The number of halogens is 1. The molecule has 0 aromatic heterocycles. The van der Waals surface area contributed by atoms with E-state index in [0.717, 1.165) is 18.7 Å². The fourth-order valence-corrected chi connectivity index (χ4v) is 3.60. The minimum atomic E-state index is -3.71. The maximum atomic E-state index is 12.5. The molecule has 0 aliphatic carbocycles. The van der Waals surface area contributed by atoms with Crippen LogP contribution in [0.4, 0.5) is 11.4 Å². The predicted octanol–water partition coefficient (Wildman–Crippen LogP) is 4.61. The van der Waals surface area contributed by atoms with Gasteiger partial charge >= 0.3 is 0 Å². The van der Waals surface area contributed by atoms with Crippen LogP contribution in [0.1, 0.15) is 20.3 Å². The fraction of sp³-hybridized carbons (Fsp3) is 0.333. The van der Waals surface area contributed by atoms with Crippen molar-refractivity contribution in [2.24, 2.45) is 5.92 Å². The maximum absolute atomic E-state index is 12.5. The Bertz CT molecular complexity index is 806. The number of rotatable bonds is 8. The van der Waals surface area contributed by atoms with E-state index in [0.29, 0.717) is 17.4 Å². The Morgan fingerprint density at radius 2 is 1.72 bits per heavy atom. The number of anilines is 2. The normalized spacial score (nSPS) is 11.4. The monoisotopic (exact) mass is 382 g/mol. The smallest absolute Gasteiger partial charge is 0.261 e. The SMILES string of the molecule is COc1ccc(S(=O)(=O)Nc2ccc(NCCC(C)C)cc2)cc1Cl. The molecule has 0 aliphatic heterocycles. The summed E-state index contributed by atoms with van der Waals surface area (Å²) in [6.07, 6.45) is 1.08. The maximum Gasteiger partial charge on any atom is 0.261 e. The van der Waals surface area contributed by atoms with Gasteiger partial charge in [0.05, 0.1) is 17.0 Å². The van der Waals surface area contributed by atoms with Crippen LogP contribution in [-0.4, -0.2) is 22.1 Å². The standard InChI is InChI=1S/C18H23ClN2O3S/c1-13(2)10-11-20-14-4-6-15(7-5-14)21-25(22,23)16-8-9-18(24-3)17(19)12-16/h4-9,12-13,20-21H,10-11H2,1-3H3. The quantitative estimate of drug-likeness (QED) is 0.699. The van der Waals surface area contributed by atoms with Crippen LogP contribution < -0.4 is 14.8 Å². The van der Waals surface area contributed by atoms with E-state index < -0.39 is 10.0 Å². The largest absolute Gasteiger partial charge is 0.495 e. The van der Waals surface area contributed by atoms with Gasteiger partial charge in [-0.15, -0.1) is 0 Å². The van der Waals surface area contributed by atoms with Gasteiger partial charge in [-0.05, 0) is 54.8 Å². The zero-order chi connectivity index (χ0) is 18.4. The number of benzene rings is 2. The molecule has 5 nitrogen and oxygen atoms in total. The second-order valence-electron chi connectivity index (χ2n) is 6.09. The van der Waals surface area contributed by atoms with Crippen LogP contribution in [0.25, 0.3) is 0 Å². The molecule has 0 bridgehead atoms. The van der Waals surface area contributed by atoms with Crippen LogP contribution in [0.5, 0.6) is 5.75 Å². The number of sulfonamides is 1. The highest BCUT2D eigenvalue weighted by atomic mass is 35.5. The van der Waals surface area contributed by atoms with Crippen molar-refractivity contribution < 1.29 is 13.2 Å². The van der Waals surface area contributed by atoms with Crippen molar-refractivity contribution in [3.8, 4) is 5.75 Å². The molecule has 0 spiro atoms. The summed E-state index contributed by atoms with van der Waals surface area (Å²) in [5.74, 6) is 1.06. The van der Waals surface area contributed by atoms with Gasteiger partial charge in [0.1, 0.15) is 5.75 Å². The van der Waals surface area contributed by atoms with Gasteiger partial charge in [-0.2, -0.15) is 0 Å². The van der Waals surface area contributed by atoms with Crippen LogP contribution >= 0.6 is 11.6 Å². The van der Waals surface area contributed by atoms with Crippen molar-refractivity contribution in [1.29, 1.82) is 0 Å². The minimum Gasteiger partial charge on any atom is -0.495 e. The first-order valence-electron chi connectivity index (χ1n) is 8.02. The average Bonchev–Trinajstić information content (AvgIpc) is 2.56. The molecule has 2 aromatic rings. The van der Waals surface area contributed by atoms with Crippen molar-refractivity contribution in [3.05, 3.63) is 47.5 Å². The Kier molecular flexibility index (Phi) is 6.56. The van der Waals surface area contributed by atoms with Crippen molar-refractivity contribution >= 4 is 33.0 Å². The van der Waals surface area contributed by atoms with Gasteiger partial charge in [0.25, 0.3) is 10.0 Å². The van der Waals surface area contributed by atoms with Crippen molar-refractivity contribution in [3.63, 3.8) is 0 Å². The van der Waals surface area contributed by atoms with Gasteiger partial charge < -0.3 is 10.1 Å². The van der Waals surface area contributed by atoms with E-state index in [1.54, 1.807) is 12.1 Å². The van der Waals surface area contributed by atoms with E-state index >= 15 is 0 Å². The molecule has 0 fully saturated rings. The van der Waals surface area contributed by atoms with E-state index in [2.05, 4.69) is 23.9 Å². The fourth-order valence-electron chi connectivity index (χ4n) is 2.19. The topological polar surface area (TPSA) is 67.4 Å². The molecule has 0 radical (unpaired) electrons. The number of methoxy groups -OCH3 is 1. The molecule has 0 saturated heterocycles. The van der Waals surface area contributed by atoms with Gasteiger partial charge in [-0.1, -0.05) is 25.4 Å². The van der Waals surface area contributed by atoms with E-state index in [1.807, 2.05) is 12.1 Å². The first kappa shape index (κ1) is 19.4. The zero-order valence-electron chi connectivity index (χ0n) is 14.5. The van der Waals surface area contributed by atoms with Crippen LogP contribution in [0.15, 0.2) is 47.4 Å². The molecule has 0 amide bonds. The molecule has 2 rings (SSSR count). The number of nitrogens with one attached hydrogen (secondary N) is 2. The third kappa shape index (κ3) is 5.54. The first-order valence-corrected chi connectivity index (χ1v) is 9.88. The van der Waals surface area contributed by atoms with Crippen LogP contribution in [-0.2, 0) is 10.0 Å². The summed E-state index contributed by atoms with van der Waals surface area (Å²) in [4.78, 5) is 0.0810. The summed E-state index contributed by atoms with van der Waals surface area (Å²) >= 11 is 6.00. The third-order valence-corrected chi connectivity index (χ3v) is 5.30. The van der Waals surface area contributed by atoms with Gasteiger partial charge in [0, 0.05) is 17.9 Å². The molecule has 0 atom stereocenters. The minimum absolute atomic E-state index is 0.0810. The molecular weight excluding hydrogens is 360 g/mol. The second kappa shape index (κ2) is 8.45. The molecule has 0 saturated carbocycles. The Hall–Kier alpha value is -1.92. The molecule has 0 heterocycles. The lowest BCUT2D eigenvalue weighted by Crippen LogP contribution is -2.13. The van der Waals surface area contributed by atoms with E-state index in [9.17, 15) is 8.42 Å². The number of hydrogen-bond donors (Lipinski definition) is 2. The summed E-state index contributed by atoms with van der Waals surface area (Å²) in [5, 5.41) is 3.55. The highest BCUT2D eigenvalue weighted by Crippen LogP contribution is 2.28. The molecule has 7 heteroatoms. The lowest BCUT2D eigenvalue weighted by atomic mass is 10.1. The van der Waals surface area contributed by atoms with Gasteiger partial charge in [-0.25, -0.2) is 8.42 Å². The highest BCUT2D eigenvalue weighted by molar-refractivity contribution is 7.92. The molecule has 0 aliphatic rings. The molecule has 0 unspecified atom stereocenters. The molecule has 25 heavy (non-hydrogen) atoms. The van der Waals surface area contributed by atoms with Gasteiger partial charge in [0.2, 0.25) is 0 Å². The molecule has 2 N–H and O–H groups in total. The first-order chi connectivity index (χ1) is 11.8. The third-order valence-electron chi connectivity index (χ3n) is 3.62. The van der Waals surface area contributed by atoms with Gasteiger partial charge in [0.15, 0.2) is 0 Å². The summed E-state index contributed by atoms with van der Waals surface area (Å²) < 4.78 is 32.5. The van der Waals surface area contributed by atoms with Crippen molar-refractivity contribution in [2.75, 3.05) is 23.7 Å². The highest BCUT2D eigenvalue weighted by Gasteiger charge is 2.16. The van der Waals surface area contributed by atoms with E-state index in [4.69, 9.17) is 16.3 Å². The Morgan fingerprint density at radius 1 is 1.08 bits per heavy atom. The van der Waals surface area contributed by atoms with Crippen LogP contribution in [0.2, 0.25) is 5.02 Å². The second-order valence-corrected chi connectivity index (χ2v) is 8.18. The summed E-state index contributed by atoms with van der Waals surface area (Å²) in [6, 6.07) is 11.5. The Labute approximate surface area is 154 Å². The van der Waals surface area contributed by atoms with E-state index in [1.165, 1.54) is 25.3 Å². The van der Waals surface area contributed by atoms with E-state index in [-0.39, 0.29) is 9.92 Å². The predicted molar refractivity (Wildman–Crippen MR) is 103 cm³/mol. The number of ether oxygens (including phenoxy) is 1. The van der Waals surface area contributed by atoms with Crippen molar-refractivity contribution in [1.82, 2.24) is 0 Å². The zero-order valence-corrected chi connectivity index (χ0v) is 16.1.